The van der Waals surface area contributed by atoms with Crippen molar-refractivity contribution in [2.45, 2.75) is 19.3 Å². The van der Waals surface area contributed by atoms with Crippen molar-refractivity contribution < 1.29 is 14.5 Å². The third kappa shape index (κ3) is 3.29. The van der Waals surface area contributed by atoms with Crippen LogP contribution >= 0.6 is 11.3 Å². The standard InChI is InChI=1S/C20H15N3O4S/c24-18(12-7-9-21-10-8-12)17-15-5-2-6-16(15)28-20(17)22-19(25)13-3-1-4-14(11-13)23(26)27/h1,3-4,7-11H,2,5-6H2,(H,22,25). The molecule has 2 heterocycles. The highest BCUT2D eigenvalue weighted by Crippen LogP contribution is 2.40. The van der Waals surface area contributed by atoms with Crippen LogP contribution in [0.25, 0.3) is 0 Å². The van der Waals surface area contributed by atoms with Crippen molar-refractivity contribution in [1.29, 1.82) is 0 Å². The minimum absolute atomic E-state index is 0.156. The number of nitrogens with zero attached hydrogens (tertiary/aromatic N) is 2. The number of aromatic nitrogens is 1. The minimum Gasteiger partial charge on any atom is -0.313 e. The summed E-state index contributed by atoms with van der Waals surface area (Å²) < 4.78 is 0. The largest absolute Gasteiger partial charge is 0.313 e. The molecule has 0 atom stereocenters. The van der Waals surface area contributed by atoms with E-state index in [0.29, 0.717) is 16.1 Å². The van der Waals surface area contributed by atoms with E-state index in [1.807, 2.05) is 0 Å². The number of aryl methyl sites for hydroxylation is 1. The summed E-state index contributed by atoms with van der Waals surface area (Å²) in [5.41, 5.74) is 2.02. The van der Waals surface area contributed by atoms with Crippen molar-refractivity contribution in [2.24, 2.45) is 0 Å². The lowest BCUT2D eigenvalue weighted by Crippen LogP contribution is -2.14. The lowest BCUT2D eigenvalue weighted by molar-refractivity contribution is -0.384. The summed E-state index contributed by atoms with van der Waals surface area (Å²) in [4.78, 5) is 41.2. The molecule has 140 valence electrons. The van der Waals surface area contributed by atoms with Gasteiger partial charge in [0.2, 0.25) is 0 Å². The number of pyridine rings is 1. The van der Waals surface area contributed by atoms with E-state index in [1.54, 1.807) is 24.5 Å². The SMILES string of the molecule is O=C(Nc1sc2c(c1C(=O)c1ccncc1)CCC2)c1cccc([N+](=O)[O-])c1. The first-order valence-corrected chi connectivity index (χ1v) is 9.51. The van der Waals surface area contributed by atoms with E-state index in [-0.39, 0.29) is 17.0 Å². The summed E-state index contributed by atoms with van der Waals surface area (Å²) in [5, 5.41) is 14.2. The van der Waals surface area contributed by atoms with Gasteiger partial charge in [-0.3, -0.25) is 24.7 Å². The maximum atomic E-state index is 13.1. The molecule has 2 aromatic heterocycles. The molecule has 0 spiro atoms. The molecule has 7 nitrogen and oxygen atoms in total. The first kappa shape index (κ1) is 18.0. The second-order valence-corrected chi connectivity index (χ2v) is 7.49. The Morgan fingerprint density at radius 1 is 1.11 bits per heavy atom. The summed E-state index contributed by atoms with van der Waals surface area (Å²) in [6.45, 7) is 0. The number of hydrogen-bond donors (Lipinski definition) is 1. The molecule has 0 radical (unpaired) electrons. The van der Waals surface area contributed by atoms with Gasteiger partial charge in [0.25, 0.3) is 11.6 Å². The average Bonchev–Trinajstić information content (AvgIpc) is 3.29. The lowest BCUT2D eigenvalue weighted by atomic mass is 10.0. The van der Waals surface area contributed by atoms with Crippen molar-refractivity contribution in [2.75, 3.05) is 5.32 Å². The Hall–Kier alpha value is -3.39. The topological polar surface area (TPSA) is 102 Å². The van der Waals surface area contributed by atoms with Crippen LogP contribution in [0.3, 0.4) is 0 Å². The Bertz CT molecular complexity index is 1090. The molecule has 1 aliphatic rings. The quantitative estimate of drug-likeness (QED) is 0.401. The molecule has 1 amide bonds. The van der Waals surface area contributed by atoms with Crippen LogP contribution < -0.4 is 5.32 Å². The molecular formula is C20H15N3O4S. The van der Waals surface area contributed by atoms with Crippen molar-refractivity contribution >= 4 is 33.7 Å². The van der Waals surface area contributed by atoms with Crippen molar-refractivity contribution in [3.63, 3.8) is 0 Å². The molecule has 0 aliphatic heterocycles. The van der Waals surface area contributed by atoms with E-state index < -0.39 is 10.8 Å². The van der Waals surface area contributed by atoms with E-state index in [1.165, 1.54) is 35.6 Å². The Balaban J connectivity index is 1.69. The molecule has 0 unspecified atom stereocenters. The number of non-ortho nitro benzene ring substituents is 1. The van der Waals surface area contributed by atoms with Gasteiger partial charge in [0.1, 0.15) is 5.00 Å². The smallest absolute Gasteiger partial charge is 0.270 e. The summed E-state index contributed by atoms with van der Waals surface area (Å²) in [6, 6.07) is 8.81. The number of nitro groups is 1. The van der Waals surface area contributed by atoms with Gasteiger partial charge in [-0.25, -0.2) is 0 Å². The minimum atomic E-state index is -0.547. The van der Waals surface area contributed by atoms with Gasteiger partial charge in [0.05, 0.1) is 10.5 Å². The van der Waals surface area contributed by atoms with Gasteiger partial charge in [-0.15, -0.1) is 11.3 Å². The summed E-state index contributed by atoms with van der Waals surface area (Å²) in [5.74, 6) is -0.636. The van der Waals surface area contributed by atoms with Gasteiger partial charge in [-0.05, 0) is 43.0 Å². The van der Waals surface area contributed by atoms with Crippen LogP contribution in [-0.2, 0) is 12.8 Å². The molecule has 0 fully saturated rings. The normalized spacial score (nSPS) is 12.4. The zero-order valence-electron chi connectivity index (χ0n) is 14.7. The highest BCUT2D eigenvalue weighted by Gasteiger charge is 2.28. The van der Waals surface area contributed by atoms with E-state index in [2.05, 4.69) is 10.3 Å². The first-order chi connectivity index (χ1) is 13.5. The number of thiophene rings is 1. The monoisotopic (exact) mass is 393 g/mol. The molecular weight excluding hydrogens is 378 g/mol. The highest BCUT2D eigenvalue weighted by atomic mass is 32.1. The van der Waals surface area contributed by atoms with Crippen molar-refractivity contribution in [3.05, 3.63) is 86.0 Å². The maximum Gasteiger partial charge on any atom is 0.270 e. The van der Waals surface area contributed by atoms with Crippen LogP contribution in [0.2, 0.25) is 0 Å². The number of rotatable bonds is 5. The average molecular weight is 393 g/mol. The van der Waals surface area contributed by atoms with Crippen LogP contribution in [0.1, 0.15) is 43.1 Å². The Kier molecular flexibility index (Phi) is 4.70. The Labute approximate surface area is 164 Å². The van der Waals surface area contributed by atoms with Crippen LogP contribution in [0.5, 0.6) is 0 Å². The van der Waals surface area contributed by atoms with Gasteiger partial charge in [0.15, 0.2) is 5.78 Å². The van der Waals surface area contributed by atoms with Crippen LogP contribution in [0.15, 0.2) is 48.8 Å². The highest BCUT2D eigenvalue weighted by molar-refractivity contribution is 7.17. The fourth-order valence-electron chi connectivity index (χ4n) is 3.32. The number of nitro benzene ring substituents is 1. The van der Waals surface area contributed by atoms with Gasteiger partial charge in [-0.1, -0.05) is 6.07 Å². The third-order valence-electron chi connectivity index (χ3n) is 4.64. The predicted molar refractivity (Wildman–Crippen MR) is 105 cm³/mol. The number of nitrogens with one attached hydrogen (secondary N) is 1. The Morgan fingerprint density at radius 2 is 1.89 bits per heavy atom. The molecule has 28 heavy (non-hydrogen) atoms. The number of hydrogen-bond acceptors (Lipinski definition) is 6. The number of ketones is 1. The lowest BCUT2D eigenvalue weighted by Gasteiger charge is -2.08. The molecule has 0 bridgehead atoms. The zero-order chi connectivity index (χ0) is 19.7. The number of carbonyl (C=O) groups is 2. The van der Waals surface area contributed by atoms with Gasteiger partial charge < -0.3 is 5.32 Å². The van der Waals surface area contributed by atoms with E-state index >= 15 is 0 Å². The number of amides is 1. The van der Waals surface area contributed by atoms with Crippen molar-refractivity contribution in [1.82, 2.24) is 4.98 Å². The zero-order valence-corrected chi connectivity index (χ0v) is 15.5. The fourth-order valence-corrected chi connectivity index (χ4v) is 4.60. The fraction of sp³-hybridized carbons (Fsp3) is 0.150. The van der Waals surface area contributed by atoms with Crippen LogP contribution in [0.4, 0.5) is 10.7 Å². The number of anilines is 1. The maximum absolute atomic E-state index is 13.1. The second-order valence-electron chi connectivity index (χ2n) is 6.39. The molecule has 8 heteroatoms. The summed E-state index contributed by atoms with van der Waals surface area (Å²) >= 11 is 1.40. The number of fused-ring (bicyclic) bond motifs is 1. The van der Waals surface area contributed by atoms with Gasteiger partial charge >= 0.3 is 0 Å². The van der Waals surface area contributed by atoms with Gasteiger partial charge in [-0.2, -0.15) is 0 Å². The molecule has 0 saturated carbocycles. The molecule has 1 N–H and O–H groups in total. The molecule has 3 aromatic rings. The van der Waals surface area contributed by atoms with Crippen molar-refractivity contribution in [3.8, 4) is 0 Å². The second kappa shape index (κ2) is 7.32. The third-order valence-corrected chi connectivity index (χ3v) is 5.84. The van der Waals surface area contributed by atoms with E-state index in [0.717, 1.165) is 29.7 Å². The number of carbonyl (C=O) groups excluding carboxylic acids is 2. The molecule has 4 rings (SSSR count). The van der Waals surface area contributed by atoms with E-state index in [4.69, 9.17) is 0 Å². The predicted octanol–water partition coefficient (Wildman–Crippen LogP) is 4.02. The molecule has 1 aromatic carbocycles. The van der Waals surface area contributed by atoms with Gasteiger partial charge in [0, 0.05) is 40.5 Å². The summed E-state index contributed by atoms with van der Waals surface area (Å²) in [7, 11) is 0. The molecule has 1 aliphatic carbocycles. The Morgan fingerprint density at radius 3 is 2.64 bits per heavy atom. The summed E-state index contributed by atoms with van der Waals surface area (Å²) in [6.07, 6.45) is 5.77. The first-order valence-electron chi connectivity index (χ1n) is 8.69. The van der Waals surface area contributed by atoms with Crippen LogP contribution in [-0.4, -0.2) is 21.6 Å². The van der Waals surface area contributed by atoms with E-state index in [9.17, 15) is 19.7 Å². The number of benzene rings is 1. The van der Waals surface area contributed by atoms with Crippen LogP contribution in [0, 0.1) is 10.1 Å². The molecule has 0 saturated heterocycles.